The number of carboxylic acids is 1. The van der Waals surface area contributed by atoms with E-state index in [9.17, 15) is 22.8 Å². The minimum atomic E-state index is -4.87. The van der Waals surface area contributed by atoms with E-state index >= 15 is 0 Å². The van der Waals surface area contributed by atoms with E-state index < -0.39 is 24.1 Å². The summed E-state index contributed by atoms with van der Waals surface area (Å²) in [4.78, 5) is 21.0. The Bertz CT molecular complexity index is 279. The molecule has 0 aromatic carbocycles. The Morgan fingerprint density at radius 2 is 1.83 bits per heavy atom. The molecule has 0 aliphatic rings. The number of aliphatic carboxylic acids is 1. The standard InChI is InChI=1S/C11H18F3NO3/c1-2-5-8(6-3-4-7-9(16)17)15-10(18)11(12,13)14/h8H,2-7H2,1H3,(H,15,18)(H,16,17). The van der Waals surface area contributed by atoms with Crippen molar-refractivity contribution in [1.82, 2.24) is 5.32 Å². The van der Waals surface area contributed by atoms with Gasteiger partial charge in [-0.1, -0.05) is 19.8 Å². The van der Waals surface area contributed by atoms with Crippen molar-refractivity contribution in [2.45, 2.75) is 57.7 Å². The van der Waals surface area contributed by atoms with Gasteiger partial charge in [0.05, 0.1) is 0 Å². The van der Waals surface area contributed by atoms with Crippen molar-refractivity contribution in [2.24, 2.45) is 0 Å². The molecule has 7 heteroatoms. The van der Waals surface area contributed by atoms with Gasteiger partial charge in [-0.25, -0.2) is 0 Å². The van der Waals surface area contributed by atoms with Gasteiger partial charge < -0.3 is 10.4 Å². The van der Waals surface area contributed by atoms with Crippen LogP contribution >= 0.6 is 0 Å². The Balaban J connectivity index is 4.07. The second-order valence-electron chi connectivity index (χ2n) is 4.10. The van der Waals surface area contributed by atoms with Crippen LogP contribution in [0.25, 0.3) is 0 Å². The fourth-order valence-corrected chi connectivity index (χ4v) is 1.57. The highest BCUT2D eigenvalue weighted by molar-refractivity contribution is 5.81. The largest absolute Gasteiger partial charge is 0.481 e. The number of carbonyl (C=O) groups excluding carboxylic acids is 1. The first-order valence-electron chi connectivity index (χ1n) is 5.86. The van der Waals surface area contributed by atoms with Crippen molar-refractivity contribution in [3.63, 3.8) is 0 Å². The van der Waals surface area contributed by atoms with Crippen molar-refractivity contribution in [2.75, 3.05) is 0 Å². The lowest BCUT2D eigenvalue weighted by atomic mass is 10.0. The molecule has 0 heterocycles. The Kier molecular flexibility index (Phi) is 7.38. The lowest BCUT2D eigenvalue weighted by Crippen LogP contribution is -2.43. The molecule has 0 rings (SSSR count). The lowest BCUT2D eigenvalue weighted by molar-refractivity contribution is -0.174. The number of halogens is 3. The van der Waals surface area contributed by atoms with Crippen LogP contribution in [0.5, 0.6) is 0 Å². The number of hydrogen-bond donors (Lipinski definition) is 2. The molecule has 18 heavy (non-hydrogen) atoms. The molecule has 0 aromatic heterocycles. The summed E-state index contributed by atoms with van der Waals surface area (Å²) in [5, 5.41) is 10.4. The van der Waals surface area contributed by atoms with Crippen LogP contribution in [-0.4, -0.2) is 29.2 Å². The van der Waals surface area contributed by atoms with Gasteiger partial charge in [-0.2, -0.15) is 13.2 Å². The van der Waals surface area contributed by atoms with Crippen LogP contribution < -0.4 is 5.32 Å². The fraction of sp³-hybridized carbons (Fsp3) is 0.818. The number of carboxylic acid groups (broad SMARTS) is 1. The second kappa shape index (κ2) is 7.94. The summed E-state index contributed by atoms with van der Waals surface area (Å²) in [6, 6.07) is -0.544. The molecule has 0 aromatic rings. The molecule has 0 spiro atoms. The zero-order chi connectivity index (χ0) is 14.2. The maximum atomic E-state index is 12.1. The zero-order valence-corrected chi connectivity index (χ0v) is 10.2. The van der Waals surface area contributed by atoms with E-state index in [1.165, 1.54) is 0 Å². The van der Waals surface area contributed by atoms with Gasteiger partial charge in [-0.3, -0.25) is 9.59 Å². The lowest BCUT2D eigenvalue weighted by Gasteiger charge is -2.18. The maximum absolute atomic E-state index is 12.1. The highest BCUT2D eigenvalue weighted by Gasteiger charge is 2.39. The molecule has 1 amide bonds. The Morgan fingerprint density at radius 3 is 2.28 bits per heavy atom. The van der Waals surface area contributed by atoms with Crippen LogP contribution in [0.1, 0.15) is 45.4 Å². The van der Waals surface area contributed by atoms with Crippen LogP contribution in [0, 0.1) is 0 Å². The van der Waals surface area contributed by atoms with Crippen molar-refractivity contribution < 1.29 is 27.9 Å². The number of rotatable bonds is 8. The Labute approximate surface area is 104 Å². The number of unbranched alkanes of at least 4 members (excludes halogenated alkanes) is 1. The maximum Gasteiger partial charge on any atom is 0.471 e. The molecular formula is C11H18F3NO3. The summed E-state index contributed by atoms with van der Waals surface area (Å²) in [5.41, 5.74) is 0. The molecule has 0 saturated heterocycles. The molecule has 0 saturated carbocycles. The molecule has 1 unspecified atom stereocenters. The number of carbonyl (C=O) groups is 2. The number of hydrogen-bond acceptors (Lipinski definition) is 2. The number of nitrogens with one attached hydrogen (secondary N) is 1. The van der Waals surface area contributed by atoms with Crippen LogP contribution in [0.4, 0.5) is 13.2 Å². The van der Waals surface area contributed by atoms with Gasteiger partial charge in [0.2, 0.25) is 0 Å². The molecule has 0 aliphatic carbocycles. The van der Waals surface area contributed by atoms with E-state index in [1.807, 2.05) is 12.2 Å². The Morgan fingerprint density at radius 1 is 1.22 bits per heavy atom. The van der Waals surface area contributed by atoms with Gasteiger partial charge in [0.15, 0.2) is 0 Å². The van der Waals surface area contributed by atoms with E-state index in [4.69, 9.17) is 5.11 Å². The normalized spacial score (nSPS) is 13.1. The van der Waals surface area contributed by atoms with Crippen molar-refractivity contribution in [3.05, 3.63) is 0 Å². The molecule has 1 atom stereocenters. The van der Waals surface area contributed by atoms with E-state index in [2.05, 4.69) is 0 Å². The van der Waals surface area contributed by atoms with Crippen LogP contribution in [0.15, 0.2) is 0 Å². The Hall–Kier alpha value is -1.27. The van der Waals surface area contributed by atoms with Gasteiger partial charge in [0.1, 0.15) is 0 Å². The predicted molar refractivity (Wildman–Crippen MR) is 59.0 cm³/mol. The average Bonchev–Trinajstić information content (AvgIpc) is 2.22. The van der Waals surface area contributed by atoms with E-state index in [0.717, 1.165) is 0 Å². The predicted octanol–water partition coefficient (Wildman–Crippen LogP) is 2.48. The van der Waals surface area contributed by atoms with E-state index in [-0.39, 0.29) is 6.42 Å². The second-order valence-corrected chi connectivity index (χ2v) is 4.10. The summed E-state index contributed by atoms with van der Waals surface area (Å²) in [6.07, 6.45) is -2.52. The molecule has 4 nitrogen and oxygen atoms in total. The third-order valence-corrected chi connectivity index (χ3v) is 2.42. The quantitative estimate of drug-likeness (QED) is 0.665. The van der Waals surface area contributed by atoms with Gasteiger partial charge in [-0.05, 0) is 19.3 Å². The van der Waals surface area contributed by atoms with Crippen LogP contribution in [0.2, 0.25) is 0 Å². The third-order valence-electron chi connectivity index (χ3n) is 2.42. The van der Waals surface area contributed by atoms with Gasteiger partial charge in [-0.15, -0.1) is 0 Å². The molecule has 0 aliphatic heterocycles. The summed E-state index contributed by atoms with van der Waals surface area (Å²) < 4.78 is 36.2. The van der Waals surface area contributed by atoms with Crippen molar-refractivity contribution in [1.29, 1.82) is 0 Å². The zero-order valence-electron chi connectivity index (χ0n) is 10.2. The van der Waals surface area contributed by atoms with Gasteiger partial charge in [0, 0.05) is 12.5 Å². The SMILES string of the molecule is CCCC(CCCCC(=O)O)NC(=O)C(F)(F)F. The molecule has 0 fully saturated rings. The third kappa shape index (κ3) is 7.92. The first-order chi connectivity index (χ1) is 8.27. The highest BCUT2D eigenvalue weighted by Crippen LogP contribution is 2.16. The first kappa shape index (κ1) is 16.7. The summed E-state index contributed by atoms with van der Waals surface area (Å²) >= 11 is 0. The van der Waals surface area contributed by atoms with Crippen LogP contribution in [-0.2, 0) is 9.59 Å². The molecular weight excluding hydrogens is 251 g/mol. The van der Waals surface area contributed by atoms with E-state index in [1.54, 1.807) is 0 Å². The smallest absolute Gasteiger partial charge is 0.471 e. The topological polar surface area (TPSA) is 66.4 Å². The molecule has 0 radical (unpaired) electrons. The minimum Gasteiger partial charge on any atom is -0.481 e. The monoisotopic (exact) mass is 269 g/mol. The van der Waals surface area contributed by atoms with Crippen molar-refractivity contribution >= 4 is 11.9 Å². The fourth-order valence-electron chi connectivity index (χ4n) is 1.57. The highest BCUT2D eigenvalue weighted by atomic mass is 19.4. The number of alkyl halides is 3. The van der Waals surface area contributed by atoms with E-state index in [0.29, 0.717) is 32.1 Å². The summed E-state index contributed by atoms with van der Waals surface area (Å²) in [5.74, 6) is -2.86. The summed E-state index contributed by atoms with van der Waals surface area (Å²) in [7, 11) is 0. The molecule has 2 N–H and O–H groups in total. The number of amides is 1. The van der Waals surface area contributed by atoms with Crippen molar-refractivity contribution in [3.8, 4) is 0 Å². The minimum absolute atomic E-state index is 0.00787. The van der Waals surface area contributed by atoms with Gasteiger partial charge >= 0.3 is 18.1 Å². The first-order valence-corrected chi connectivity index (χ1v) is 5.86. The molecule has 0 bridgehead atoms. The average molecular weight is 269 g/mol. The van der Waals surface area contributed by atoms with Crippen LogP contribution in [0.3, 0.4) is 0 Å². The van der Waals surface area contributed by atoms with Gasteiger partial charge in [0.25, 0.3) is 0 Å². The molecule has 106 valence electrons. The summed E-state index contributed by atoms with van der Waals surface area (Å²) in [6.45, 7) is 1.81.